The largest absolute Gasteiger partial charge is 0.465 e. The Balaban J connectivity index is 1.85. The number of rotatable bonds is 7. The van der Waals surface area contributed by atoms with E-state index in [0.717, 1.165) is 21.8 Å². The van der Waals surface area contributed by atoms with E-state index in [9.17, 15) is 4.79 Å². The molecule has 0 fully saturated rings. The third kappa shape index (κ3) is 4.20. The molecular weight excluding hydrogens is 372 g/mol. The Morgan fingerprint density at radius 3 is 2.85 bits per heavy atom. The van der Waals surface area contributed by atoms with Gasteiger partial charge in [0.05, 0.1) is 30.3 Å². The topological polar surface area (TPSA) is 53.4 Å². The van der Waals surface area contributed by atoms with Crippen LogP contribution < -0.4 is 0 Å². The van der Waals surface area contributed by atoms with Crippen LogP contribution in [0.2, 0.25) is 5.02 Å². The van der Waals surface area contributed by atoms with Gasteiger partial charge in [0.2, 0.25) is 0 Å². The maximum Gasteiger partial charge on any atom is 0.337 e. The number of carbonyl (C=O) groups excluding carboxylic acids is 1. The summed E-state index contributed by atoms with van der Waals surface area (Å²) < 4.78 is 12.1. The number of halogens is 1. The van der Waals surface area contributed by atoms with E-state index in [0.29, 0.717) is 29.5 Å². The Kier molecular flexibility index (Phi) is 6.19. The number of carbonyl (C=O) groups is 1. The molecule has 0 N–H and O–H groups in total. The van der Waals surface area contributed by atoms with Gasteiger partial charge < -0.3 is 14.0 Å². The predicted molar refractivity (Wildman–Crippen MR) is 104 cm³/mol. The van der Waals surface area contributed by atoms with E-state index in [1.165, 1.54) is 7.11 Å². The molecule has 136 valence electrons. The van der Waals surface area contributed by atoms with Crippen LogP contribution in [0, 0.1) is 0 Å². The van der Waals surface area contributed by atoms with Gasteiger partial charge in [-0.3, -0.25) is 0 Å². The second-order valence-corrected chi connectivity index (χ2v) is 7.03. The van der Waals surface area contributed by atoms with E-state index in [-0.39, 0.29) is 5.97 Å². The van der Waals surface area contributed by atoms with Crippen LogP contribution in [-0.4, -0.2) is 36.3 Å². The first kappa shape index (κ1) is 18.8. The molecule has 3 rings (SSSR count). The number of nitrogens with zero attached hydrogens (tertiary/aromatic N) is 2. The van der Waals surface area contributed by atoms with Crippen molar-refractivity contribution in [1.29, 1.82) is 0 Å². The van der Waals surface area contributed by atoms with Gasteiger partial charge >= 0.3 is 5.97 Å². The van der Waals surface area contributed by atoms with Crippen molar-refractivity contribution in [2.45, 2.75) is 17.5 Å². The molecule has 3 aromatic rings. The number of thioether (sulfide) groups is 1. The first-order valence-electron chi connectivity index (χ1n) is 8.07. The van der Waals surface area contributed by atoms with Gasteiger partial charge in [0.15, 0.2) is 5.16 Å². The molecule has 0 aliphatic carbocycles. The van der Waals surface area contributed by atoms with E-state index in [1.54, 1.807) is 24.9 Å². The lowest BCUT2D eigenvalue weighted by atomic mass is 10.1. The molecule has 0 amide bonds. The molecule has 0 bridgehead atoms. The van der Waals surface area contributed by atoms with Crippen molar-refractivity contribution in [2.24, 2.45) is 0 Å². The highest BCUT2D eigenvalue weighted by molar-refractivity contribution is 7.98. The van der Waals surface area contributed by atoms with E-state index < -0.39 is 0 Å². The number of methoxy groups -OCH3 is 2. The number of aromatic nitrogens is 2. The van der Waals surface area contributed by atoms with Crippen LogP contribution >= 0.6 is 23.4 Å². The SMILES string of the molecule is COCCn1c(SCc2cccc(C(=O)OC)c2)nc2cc(Cl)ccc21. The van der Waals surface area contributed by atoms with E-state index in [4.69, 9.17) is 26.1 Å². The standard InChI is InChI=1S/C19H19ClN2O3S/c1-24-9-8-22-17-7-6-15(20)11-16(17)21-19(22)26-12-13-4-3-5-14(10-13)18(23)25-2/h3-7,10-11H,8-9,12H2,1-2H3. The molecule has 0 saturated carbocycles. The first-order valence-corrected chi connectivity index (χ1v) is 9.43. The van der Waals surface area contributed by atoms with Crippen LogP contribution in [-0.2, 0) is 21.8 Å². The van der Waals surface area contributed by atoms with Gasteiger partial charge in [0.1, 0.15) is 0 Å². The Morgan fingerprint density at radius 1 is 1.23 bits per heavy atom. The van der Waals surface area contributed by atoms with Crippen LogP contribution in [0.15, 0.2) is 47.6 Å². The van der Waals surface area contributed by atoms with Gasteiger partial charge in [-0.05, 0) is 35.9 Å². The van der Waals surface area contributed by atoms with Crippen LogP contribution in [0.5, 0.6) is 0 Å². The van der Waals surface area contributed by atoms with E-state index in [1.807, 2.05) is 36.4 Å². The zero-order valence-corrected chi connectivity index (χ0v) is 16.1. The minimum atomic E-state index is -0.334. The van der Waals surface area contributed by atoms with Crippen LogP contribution in [0.4, 0.5) is 0 Å². The summed E-state index contributed by atoms with van der Waals surface area (Å²) in [5, 5.41) is 1.55. The van der Waals surface area contributed by atoms with Gasteiger partial charge in [0.25, 0.3) is 0 Å². The summed E-state index contributed by atoms with van der Waals surface area (Å²) >= 11 is 7.71. The van der Waals surface area contributed by atoms with Crippen molar-refractivity contribution in [1.82, 2.24) is 9.55 Å². The summed E-state index contributed by atoms with van der Waals surface area (Å²) in [7, 11) is 3.06. The highest BCUT2D eigenvalue weighted by Gasteiger charge is 2.13. The molecule has 0 aliphatic heterocycles. The van der Waals surface area contributed by atoms with Crippen molar-refractivity contribution >= 4 is 40.4 Å². The van der Waals surface area contributed by atoms with Gasteiger partial charge in [-0.2, -0.15) is 0 Å². The molecule has 1 heterocycles. The average molecular weight is 391 g/mol. The molecule has 0 saturated heterocycles. The Labute approximate surface area is 161 Å². The third-order valence-electron chi connectivity index (χ3n) is 3.91. The van der Waals surface area contributed by atoms with Crippen molar-refractivity contribution < 1.29 is 14.3 Å². The Hall–Kier alpha value is -2.02. The molecule has 0 atom stereocenters. The highest BCUT2D eigenvalue weighted by Crippen LogP contribution is 2.28. The summed E-state index contributed by atoms with van der Waals surface area (Å²) in [6.07, 6.45) is 0. The number of hydrogen-bond donors (Lipinski definition) is 0. The van der Waals surface area contributed by atoms with Crippen molar-refractivity contribution in [2.75, 3.05) is 20.8 Å². The molecule has 26 heavy (non-hydrogen) atoms. The fourth-order valence-corrected chi connectivity index (χ4v) is 3.79. The monoisotopic (exact) mass is 390 g/mol. The smallest absolute Gasteiger partial charge is 0.337 e. The fourth-order valence-electron chi connectivity index (χ4n) is 2.64. The minimum absolute atomic E-state index is 0.334. The zero-order chi connectivity index (χ0) is 18.5. The zero-order valence-electron chi connectivity index (χ0n) is 14.6. The number of ether oxygens (including phenoxy) is 2. The molecule has 2 aromatic carbocycles. The summed E-state index contributed by atoms with van der Waals surface area (Å²) in [5.74, 6) is 0.355. The van der Waals surface area contributed by atoms with Crippen LogP contribution in [0.25, 0.3) is 11.0 Å². The summed E-state index contributed by atoms with van der Waals surface area (Å²) in [6.45, 7) is 1.30. The fraction of sp³-hybridized carbons (Fsp3) is 0.263. The molecular formula is C19H19ClN2O3S. The number of benzene rings is 2. The number of esters is 1. The van der Waals surface area contributed by atoms with Crippen LogP contribution in [0.1, 0.15) is 15.9 Å². The third-order valence-corrected chi connectivity index (χ3v) is 5.19. The number of fused-ring (bicyclic) bond motifs is 1. The number of hydrogen-bond acceptors (Lipinski definition) is 5. The summed E-state index contributed by atoms with van der Waals surface area (Å²) in [5.41, 5.74) is 3.46. The molecule has 0 radical (unpaired) electrons. The Morgan fingerprint density at radius 2 is 2.08 bits per heavy atom. The van der Waals surface area contributed by atoms with E-state index >= 15 is 0 Å². The average Bonchev–Trinajstić information content (AvgIpc) is 3.00. The second-order valence-electron chi connectivity index (χ2n) is 5.65. The molecule has 0 aliphatic rings. The lowest BCUT2D eigenvalue weighted by Crippen LogP contribution is -2.05. The first-order chi connectivity index (χ1) is 12.6. The maximum absolute atomic E-state index is 11.7. The molecule has 7 heteroatoms. The number of imidazole rings is 1. The van der Waals surface area contributed by atoms with Crippen molar-refractivity contribution in [3.63, 3.8) is 0 Å². The lowest BCUT2D eigenvalue weighted by Gasteiger charge is -2.09. The Bertz CT molecular complexity index is 926. The van der Waals surface area contributed by atoms with Gasteiger partial charge in [-0.15, -0.1) is 0 Å². The lowest BCUT2D eigenvalue weighted by molar-refractivity contribution is 0.0600. The molecule has 1 aromatic heterocycles. The summed E-state index contributed by atoms with van der Waals surface area (Å²) in [6, 6.07) is 13.1. The van der Waals surface area contributed by atoms with Crippen LogP contribution in [0.3, 0.4) is 0 Å². The maximum atomic E-state index is 11.7. The normalized spacial score (nSPS) is 11.0. The van der Waals surface area contributed by atoms with Gasteiger partial charge in [-0.1, -0.05) is 35.5 Å². The molecule has 0 unspecified atom stereocenters. The summed E-state index contributed by atoms with van der Waals surface area (Å²) in [4.78, 5) is 16.4. The van der Waals surface area contributed by atoms with Crippen molar-refractivity contribution in [3.8, 4) is 0 Å². The van der Waals surface area contributed by atoms with Crippen molar-refractivity contribution in [3.05, 3.63) is 58.6 Å². The predicted octanol–water partition coefficient (Wildman–Crippen LogP) is 4.42. The molecule has 0 spiro atoms. The quantitative estimate of drug-likeness (QED) is 0.441. The minimum Gasteiger partial charge on any atom is -0.465 e. The van der Waals surface area contributed by atoms with Gasteiger partial charge in [-0.25, -0.2) is 9.78 Å². The van der Waals surface area contributed by atoms with Gasteiger partial charge in [0, 0.05) is 24.4 Å². The molecule has 5 nitrogen and oxygen atoms in total. The highest BCUT2D eigenvalue weighted by atomic mass is 35.5. The second kappa shape index (κ2) is 8.58. The van der Waals surface area contributed by atoms with E-state index in [2.05, 4.69) is 4.57 Å².